The fourth-order valence-corrected chi connectivity index (χ4v) is 3.95. The van der Waals surface area contributed by atoms with Crippen LogP contribution in [0.1, 0.15) is 35.7 Å². The minimum Gasteiger partial charge on any atom is -0.488 e. The van der Waals surface area contributed by atoms with E-state index in [1.807, 2.05) is 37.3 Å². The van der Waals surface area contributed by atoms with Crippen molar-refractivity contribution in [1.82, 2.24) is 4.98 Å². The Labute approximate surface area is 183 Å². The predicted molar refractivity (Wildman–Crippen MR) is 120 cm³/mol. The predicted octanol–water partition coefficient (Wildman–Crippen LogP) is 5.66. The lowest BCUT2D eigenvalue weighted by atomic mass is 9.97. The Kier molecular flexibility index (Phi) is 7.18. The first-order valence-electron chi connectivity index (χ1n) is 9.76. The van der Waals surface area contributed by atoms with Crippen LogP contribution in [0.25, 0.3) is 11.3 Å². The van der Waals surface area contributed by atoms with E-state index in [9.17, 15) is 0 Å². The van der Waals surface area contributed by atoms with E-state index in [2.05, 4.69) is 24.3 Å². The van der Waals surface area contributed by atoms with Crippen LogP contribution in [0.3, 0.4) is 0 Å². The largest absolute Gasteiger partial charge is 0.488 e. The van der Waals surface area contributed by atoms with Crippen molar-refractivity contribution < 1.29 is 9.84 Å². The minimum atomic E-state index is -0.199. The van der Waals surface area contributed by atoms with Gasteiger partial charge in [0.2, 0.25) is 0 Å². The number of aliphatic hydroxyl groups is 1. The van der Waals surface area contributed by atoms with Gasteiger partial charge in [0.15, 0.2) is 0 Å². The van der Waals surface area contributed by atoms with Crippen molar-refractivity contribution in [1.29, 1.82) is 0 Å². The number of aromatic nitrogens is 1. The first-order chi connectivity index (χ1) is 13.6. The Morgan fingerprint density at radius 3 is 2.62 bits per heavy atom. The summed E-state index contributed by atoms with van der Waals surface area (Å²) in [6, 6.07) is 18.3. The smallest absolute Gasteiger partial charge is 0.119 e. The highest BCUT2D eigenvalue weighted by molar-refractivity contribution is 6.30. The van der Waals surface area contributed by atoms with Crippen LogP contribution in [-0.4, -0.2) is 22.8 Å². The normalized spacial score (nSPS) is 13.5. The second kappa shape index (κ2) is 9.62. The van der Waals surface area contributed by atoms with Gasteiger partial charge in [-0.25, -0.2) is 0 Å². The summed E-state index contributed by atoms with van der Waals surface area (Å²) in [6.07, 6.45) is 3.98. The summed E-state index contributed by atoms with van der Waals surface area (Å²) in [4.78, 5) is 4.92. The summed E-state index contributed by atoms with van der Waals surface area (Å²) in [5.74, 6) is 0.782. The standard InChI is InChI=1S/C24H24ClNO2.ClH/c1-16(15-27)28-21-10-8-17(9-11-21)12-19-14-24(18-4-2-5-20(25)13-18)26-23-7-3-6-22(19)23;/h2,4-5,8-11,13-14,16,27H,3,6-7,12,15H2,1H3;1H. The zero-order valence-electron chi connectivity index (χ0n) is 16.4. The molecule has 0 saturated carbocycles. The molecule has 2 aromatic carbocycles. The van der Waals surface area contributed by atoms with E-state index in [4.69, 9.17) is 26.4 Å². The molecule has 1 aromatic heterocycles. The van der Waals surface area contributed by atoms with E-state index in [-0.39, 0.29) is 25.1 Å². The molecule has 0 bridgehead atoms. The Hall–Kier alpha value is -2.07. The number of nitrogens with zero attached hydrogens (tertiary/aromatic N) is 1. The van der Waals surface area contributed by atoms with Gasteiger partial charge < -0.3 is 9.84 Å². The van der Waals surface area contributed by atoms with Gasteiger partial charge >= 0.3 is 0 Å². The lowest BCUT2D eigenvalue weighted by Gasteiger charge is -2.14. The number of pyridine rings is 1. The van der Waals surface area contributed by atoms with E-state index in [0.717, 1.165) is 41.3 Å². The molecule has 1 aliphatic carbocycles. The maximum Gasteiger partial charge on any atom is 0.119 e. The van der Waals surface area contributed by atoms with Gasteiger partial charge in [-0.1, -0.05) is 35.9 Å². The minimum absolute atomic E-state index is 0. The molecule has 4 rings (SSSR count). The summed E-state index contributed by atoms with van der Waals surface area (Å²) in [6.45, 7) is 1.86. The molecule has 5 heteroatoms. The summed E-state index contributed by atoms with van der Waals surface area (Å²) in [7, 11) is 0. The molecule has 0 aliphatic heterocycles. The van der Waals surface area contributed by atoms with Gasteiger partial charge in [-0.3, -0.25) is 4.98 Å². The third-order valence-corrected chi connectivity index (χ3v) is 5.41. The van der Waals surface area contributed by atoms with Crippen LogP contribution >= 0.6 is 24.0 Å². The second-order valence-electron chi connectivity index (χ2n) is 7.39. The van der Waals surface area contributed by atoms with Crippen molar-refractivity contribution in [2.45, 2.75) is 38.7 Å². The summed E-state index contributed by atoms with van der Waals surface area (Å²) >= 11 is 6.19. The third kappa shape index (κ3) is 5.11. The number of hydrogen-bond acceptors (Lipinski definition) is 3. The Morgan fingerprint density at radius 2 is 1.90 bits per heavy atom. The topological polar surface area (TPSA) is 42.4 Å². The average Bonchev–Trinajstić information content (AvgIpc) is 3.18. The molecule has 1 aliphatic rings. The summed E-state index contributed by atoms with van der Waals surface area (Å²) in [5, 5.41) is 9.86. The molecule has 0 spiro atoms. The highest BCUT2D eigenvalue weighted by Crippen LogP contribution is 2.31. The van der Waals surface area contributed by atoms with Crippen molar-refractivity contribution >= 4 is 24.0 Å². The molecule has 1 N–H and O–H groups in total. The molecule has 0 saturated heterocycles. The quantitative estimate of drug-likeness (QED) is 0.549. The lowest BCUT2D eigenvalue weighted by Crippen LogP contribution is -2.16. The van der Waals surface area contributed by atoms with Gasteiger partial charge in [0.05, 0.1) is 12.3 Å². The molecule has 1 unspecified atom stereocenters. The molecule has 1 heterocycles. The fourth-order valence-electron chi connectivity index (χ4n) is 3.76. The van der Waals surface area contributed by atoms with E-state index in [0.29, 0.717) is 0 Å². The number of hydrogen-bond donors (Lipinski definition) is 1. The van der Waals surface area contributed by atoms with Crippen molar-refractivity contribution in [2.24, 2.45) is 0 Å². The third-order valence-electron chi connectivity index (χ3n) is 5.18. The number of fused-ring (bicyclic) bond motifs is 1. The van der Waals surface area contributed by atoms with Crippen LogP contribution in [0, 0.1) is 0 Å². The van der Waals surface area contributed by atoms with E-state index < -0.39 is 0 Å². The highest BCUT2D eigenvalue weighted by atomic mass is 35.5. The van der Waals surface area contributed by atoms with Crippen LogP contribution < -0.4 is 4.74 Å². The maximum atomic E-state index is 9.13. The lowest BCUT2D eigenvalue weighted by molar-refractivity contribution is 0.129. The van der Waals surface area contributed by atoms with Gasteiger partial charge in [-0.15, -0.1) is 12.4 Å². The van der Waals surface area contributed by atoms with Crippen LogP contribution in [0.15, 0.2) is 54.6 Å². The number of aryl methyl sites for hydroxylation is 1. The Balaban J connectivity index is 0.00000240. The van der Waals surface area contributed by atoms with Crippen molar-refractivity contribution in [2.75, 3.05) is 6.61 Å². The highest BCUT2D eigenvalue weighted by Gasteiger charge is 2.19. The molecule has 1 atom stereocenters. The number of ether oxygens (including phenoxy) is 1. The van der Waals surface area contributed by atoms with E-state index >= 15 is 0 Å². The van der Waals surface area contributed by atoms with Gasteiger partial charge in [0.25, 0.3) is 0 Å². The van der Waals surface area contributed by atoms with Crippen molar-refractivity contribution in [3.8, 4) is 17.0 Å². The molecule has 3 nitrogen and oxygen atoms in total. The molecule has 152 valence electrons. The van der Waals surface area contributed by atoms with Crippen molar-refractivity contribution in [3.05, 3.63) is 82.0 Å². The molecular weight excluding hydrogens is 405 g/mol. The first kappa shape index (κ1) is 21.6. The van der Waals surface area contributed by atoms with Gasteiger partial charge in [-0.05, 0) is 79.6 Å². The number of benzene rings is 2. The van der Waals surface area contributed by atoms with Crippen LogP contribution in [0.4, 0.5) is 0 Å². The van der Waals surface area contributed by atoms with Gasteiger partial charge in [0, 0.05) is 16.3 Å². The van der Waals surface area contributed by atoms with Gasteiger partial charge in [-0.2, -0.15) is 0 Å². The van der Waals surface area contributed by atoms with Crippen LogP contribution in [-0.2, 0) is 19.3 Å². The summed E-state index contributed by atoms with van der Waals surface area (Å²) in [5.41, 5.74) is 7.26. The van der Waals surface area contributed by atoms with Crippen LogP contribution in [0.2, 0.25) is 5.02 Å². The monoisotopic (exact) mass is 429 g/mol. The fraction of sp³-hybridized carbons (Fsp3) is 0.292. The molecule has 29 heavy (non-hydrogen) atoms. The SMILES string of the molecule is CC(CO)Oc1ccc(Cc2cc(-c3cccc(Cl)c3)nc3c2CCC3)cc1.Cl. The molecular formula is C24H25Cl2NO2. The van der Waals surface area contributed by atoms with Crippen LogP contribution in [0.5, 0.6) is 5.75 Å². The maximum absolute atomic E-state index is 9.13. The first-order valence-corrected chi connectivity index (χ1v) is 10.1. The average molecular weight is 430 g/mol. The second-order valence-corrected chi connectivity index (χ2v) is 7.82. The molecule has 3 aromatic rings. The number of aliphatic hydroxyl groups excluding tert-OH is 1. The zero-order chi connectivity index (χ0) is 19.5. The number of halogens is 2. The molecule has 0 amide bonds. The summed E-state index contributed by atoms with van der Waals surface area (Å²) < 4.78 is 5.66. The van der Waals surface area contributed by atoms with E-state index in [1.54, 1.807) is 0 Å². The van der Waals surface area contributed by atoms with Crippen molar-refractivity contribution in [3.63, 3.8) is 0 Å². The molecule has 0 radical (unpaired) electrons. The van der Waals surface area contributed by atoms with Gasteiger partial charge in [0.1, 0.15) is 11.9 Å². The Bertz CT molecular complexity index is 973. The van der Waals surface area contributed by atoms with E-state index in [1.165, 1.54) is 28.8 Å². The zero-order valence-corrected chi connectivity index (χ0v) is 18.0. The number of rotatable bonds is 6. The Morgan fingerprint density at radius 1 is 1.10 bits per heavy atom. The molecule has 0 fully saturated rings.